The van der Waals surface area contributed by atoms with Crippen LogP contribution in [0.25, 0.3) is 0 Å². The third kappa shape index (κ3) is 5.21. The minimum Gasteiger partial charge on any atom is -0.322 e. The largest absolute Gasteiger partial charge is 0.322 e. The number of rotatable bonds is 4. The zero-order valence-corrected chi connectivity index (χ0v) is 13.6. The van der Waals surface area contributed by atoms with Gasteiger partial charge in [-0.15, -0.1) is 0 Å². The van der Waals surface area contributed by atoms with Crippen LogP contribution < -0.4 is 5.32 Å². The van der Waals surface area contributed by atoms with Gasteiger partial charge in [-0.05, 0) is 43.1 Å². The maximum absolute atomic E-state index is 12.2. The van der Waals surface area contributed by atoms with Crippen molar-refractivity contribution in [2.45, 2.75) is 20.3 Å². The summed E-state index contributed by atoms with van der Waals surface area (Å²) >= 11 is 5.84. The zero-order valence-electron chi connectivity index (χ0n) is 12.8. The van der Waals surface area contributed by atoms with Crippen molar-refractivity contribution < 1.29 is 4.79 Å². The number of anilines is 1. The van der Waals surface area contributed by atoms with E-state index in [-0.39, 0.29) is 6.03 Å². The number of carbonyl (C=O) groups excluding carboxylic acids is 1. The van der Waals surface area contributed by atoms with E-state index >= 15 is 0 Å². The molecule has 1 aromatic carbocycles. The highest BCUT2D eigenvalue weighted by Crippen LogP contribution is 2.14. The van der Waals surface area contributed by atoms with E-state index in [1.807, 2.05) is 17.0 Å². The Morgan fingerprint density at radius 2 is 1.81 bits per heavy atom. The lowest BCUT2D eigenvalue weighted by Crippen LogP contribution is -2.50. The fourth-order valence-corrected chi connectivity index (χ4v) is 2.48. The smallest absolute Gasteiger partial charge is 0.321 e. The molecule has 0 unspecified atom stereocenters. The molecule has 0 spiro atoms. The topological polar surface area (TPSA) is 35.6 Å². The Hall–Kier alpha value is -1.26. The van der Waals surface area contributed by atoms with Gasteiger partial charge in [-0.3, -0.25) is 4.90 Å². The van der Waals surface area contributed by atoms with Crippen molar-refractivity contribution in [3.8, 4) is 0 Å². The molecule has 0 aliphatic carbocycles. The molecule has 2 rings (SSSR count). The first kappa shape index (κ1) is 16.1. The van der Waals surface area contributed by atoms with Crippen molar-refractivity contribution in [3.63, 3.8) is 0 Å². The summed E-state index contributed by atoms with van der Waals surface area (Å²) in [5, 5.41) is 3.59. The van der Waals surface area contributed by atoms with Crippen LogP contribution in [-0.4, -0.2) is 48.6 Å². The third-order valence-electron chi connectivity index (χ3n) is 3.78. The zero-order chi connectivity index (χ0) is 15.2. The van der Waals surface area contributed by atoms with E-state index in [0.717, 1.165) is 44.3 Å². The molecule has 4 nitrogen and oxygen atoms in total. The van der Waals surface area contributed by atoms with Crippen LogP contribution in [-0.2, 0) is 0 Å². The average Bonchev–Trinajstić information content (AvgIpc) is 2.48. The normalized spacial score (nSPS) is 16.3. The summed E-state index contributed by atoms with van der Waals surface area (Å²) in [6.45, 7) is 9.12. The number of hydrogen-bond donors (Lipinski definition) is 1. The fourth-order valence-electron chi connectivity index (χ4n) is 2.35. The van der Waals surface area contributed by atoms with Crippen LogP contribution in [0.1, 0.15) is 20.3 Å². The highest BCUT2D eigenvalue weighted by molar-refractivity contribution is 6.30. The number of benzene rings is 1. The standard InChI is InChI=1S/C16H24ClN3O/c1-13(2)7-8-19-9-11-20(12-10-19)16(21)18-15-5-3-14(17)4-6-15/h3-6,13H,7-12H2,1-2H3,(H,18,21). The number of urea groups is 1. The number of carbonyl (C=O) groups is 1. The maximum Gasteiger partial charge on any atom is 0.321 e. The predicted molar refractivity (Wildman–Crippen MR) is 87.9 cm³/mol. The SMILES string of the molecule is CC(C)CCN1CCN(C(=O)Nc2ccc(Cl)cc2)CC1. The highest BCUT2D eigenvalue weighted by atomic mass is 35.5. The number of amides is 2. The van der Waals surface area contributed by atoms with Crippen molar-refractivity contribution in [1.29, 1.82) is 0 Å². The molecule has 0 saturated carbocycles. The maximum atomic E-state index is 12.2. The minimum absolute atomic E-state index is 0.0270. The van der Waals surface area contributed by atoms with Gasteiger partial charge in [-0.1, -0.05) is 25.4 Å². The number of nitrogens with zero attached hydrogens (tertiary/aromatic N) is 2. The Morgan fingerprint density at radius 3 is 2.38 bits per heavy atom. The Labute approximate surface area is 132 Å². The molecule has 0 radical (unpaired) electrons. The lowest BCUT2D eigenvalue weighted by atomic mass is 10.1. The summed E-state index contributed by atoms with van der Waals surface area (Å²) in [6.07, 6.45) is 1.22. The molecular formula is C16H24ClN3O. The molecule has 1 aromatic rings. The third-order valence-corrected chi connectivity index (χ3v) is 4.03. The monoisotopic (exact) mass is 309 g/mol. The molecule has 1 fully saturated rings. The first-order valence-electron chi connectivity index (χ1n) is 7.58. The Bertz CT molecular complexity index is 453. The number of halogens is 1. The molecule has 0 bridgehead atoms. The number of hydrogen-bond acceptors (Lipinski definition) is 2. The van der Waals surface area contributed by atoms with Gasteiger partial charge in [0, 0.05) is 36.9 Å². The lowest BCUT2D eigenvalue weighted by Gasteiger charge is -2.35. The lowest BCUT2D eigenvalue weighted by molar-refractivity contribution is 0.143. The summed E-state index contributed by atoms with van der Waals surface area (Å²) in [5.74, 6) is 0.733. The molecule has 1 saturated heterocycles. The van der Waals surface area contributed by atoms with Gasteiger partial charge in [-0.2, -0.15) is 0 Å². The van der Waals surface area contributed by atoms with Crippen LogP contribution >= 0.6 is 11.6 Å². The summed E-state index contributed by atoms with van der Waals surface area (Å²) in [4.78, 5) is 16.5. The van der Waals surface area contributed by atoms with E-state index in [9.17, 15) is 4.79 Å². The molecule has 1 N–H and O–H groups in total. The average molecular weight is 310 g/mol. The van der Waals surface area contributed by atoms with Crippen LogP contribution in [0.3, 0.4) is 0 Å². The molecule has 5 heteroatoms. The van der Waals surface area contributed by atoms with Crippen LogP contribution in [0.4, 0.5) is 10.5 Å². The first-order chi connectivity index (χ1) is 10.0. The van der Waals surface area contributed by atoms with Crippen LogP contribution in [0, 0.1) is 5.92 Å². The minimum atomic E-state index is -0.0270. The molecule has 1 aliphatic heterocycles. The summed E-state index contributed by atoms with van der Waals surface area (Å²) in [5.41, 5.74) is 0.784. The van der Waals surface area contributed by atoms with Gasteiger partial charge in [0.2, 0.25) is 0 Å². The number of piperazine rings is 1. The van der Waals surface area contributed by atoms with Gasteiger partial charge < -0.3 is 10.2 Å². The second-order valence-corrected chi connectivity index (χ2v) is 6.38. The Morgan fingerprint density at radius 1 is 1.19 bits per heavy atom. The van der Waals surface area contributed by atoms with E-state index in [1.54, 1.807) is 12.1 Å². The van der Waals surface area contributed by atoms with Crippen molar-refractivity contribution in [2.75, 3.05) is 38.0 Å². The van der Waals surface area contributed by atoms with Crippen molar-refractivity contribution >= 4 is 23.3 Å². The van der Waals surface area contributed by atoms with Crippen LogP contribution in [0.5, 0.6) is 0 Å². The van der Waals surface area contributed by atoms with Crippen molar-refractivity contribution in [3.05, 3.63) is 29.3 Å². The van der Waals surface area contributed by atoms with E-state index in [2.05, 4.69) is 24.1 Å². The molecule has 21 heavy (non-hydrogen) atoms. The molecule has 2 amide bonds. The predicted octanol–water partition coefficient (Wildman–Crippen LogP) is 3.54. The Balaban J connectivity index is 1.76. The van der Waals surface area contributed by atoms with Gasteiger partial charge in [0.15, 0.2) is 0 Å². The van der Waals surface area contributed by atoms with Gasteiger partial charge in [-0.25, -0.2) is 4.79 Å². The van der Waals surface area contributed by atoms with Gasteiger partial charge in [0.25, 0.3) is 0 Å². The van der Waals surface area contributed by atoms with E-state index in [0.29, 0.717) is 5.02 Å². The molecule has 1 heterocycles. The van der Waals surface area contributed by atoms with Crippen molar-refractivity contribution in [1.82, 2.24) is 9.80 Å². The highest BCUT2D eigenvalue weighted by Gasteiger charge is 2.20. The second-order valence-electron chi connectivity index (χ2n) is 5.95. The summed E-state index contributed by atoms with van der Waals surface area (Å²) in [6, 6.07) is 7.17. The molecular weight excluding hydrogens is 286 g/mol. The van der Waals surface area contributed by atoms with E-state index < -0.39 is 0 Å². The first-order valence-corrected chi connectivity index (χ1v) is 7.96. The van der Waals surface area contributed by atoms with Crippen LogP contribution in [0.15, 0.2) is 24.3 Å². The van der Waals surface area contributed by atoms with Gasteiger partial charge in [0.1, 0.15) is 0 Å². The van der Waals surface area contributed by atoms with E-state index in [4.69, 9.17) is 11.6 Å². The quantitative estimate of drug-likeness (QED) is 0.923. The summed E-state index contributed by atoms with van der Waals surface area (Å²) in [7, 11) is 0. The van der Waals surface area contributed by atoms with Gasteiger partial charge >= 0.3 is 6.03 Å². The van der Waals surface area contributed by atoms with Gasteiger partial charge in [0.05, 0.1) is 0 Å². The molecule has 0 atom stereocenters. The second kappa shape index (κ2) is 7.66. The van der Waals surface area contributed by atoms with E-state index in [1.165, 1.54) is 6.42 Å². The van der Waals surface area contributed by atoms with Crippen molar-refractivity contribution in [2.24, 2.45) is 5.92 Å². The molecule has 0 aromatic heterocycles. The molecule has 1 aliphatic rings. The Kier molecular flexibility index (Phi) is 5.88. The number of nitrogens with one attached hydrogen (secondary N) is 1. The summed E-state index contributed by atoms with van der Waals surface area (Å²) < 4.78 is 0. The fraction of sp³-hybridized carbons (Fsp3) is 0.562. The van der Waals surface area contributed by atoms with Crippen LogP contribution in [0.2, 0.25) is 5.02 Å². The molecule has 116 valence electrons.